The predicted molar refractivity (Wildman–Crippen MR) is 601 cm³/mol. The Morgan fingerprint density at radius 1 is 0.231 bits per heavy atom. The van der Waals surface area contributed by atoms with Crippen molar-refractivity contribution < 1.29 is 117 Å². The van der Waals surface area contributed by atoms with Crippen LogP contribution in [0.15, 0.2) is 24.3 Å². The third kappa shape index (κ3) is 111. The number of unbranched alkanes of at least 4 members (excludes halogenated alkanes) is 64. The summed E-state index contributed by atoms with van der Waals surface area (Å²) in [6.45, 7) is 12.2. The number of carbonyl (C=O) groups excluding carboxylic acids is 8. The molecule has 0 saturated heterocycles. The standard InChI is InChI=1S/C25H49NO4.C25H47NO4.C25H51NO3.C25H49NO3.C23H45NO5/c2*1-5-6-7-8-9-10-11-12-13-14-15-16-17-18-19-20-23(27)25(30,21-24(28)29)22-26(2,3)4;2*1-5-6-7-8-9-10-11-12-13-14-15-16-17-18-19-20-21-25(29,22-24(27)28)23-26(2,3)4;1-5-6-7-8-9-10-11-12-13-14-15-16-20(25)17-21(26)23(29,18-22(27)28)19-24(2,3)4/h30H,5-22H2,1-4H3;19-20,30H,5-18,21-22H2,1-4H3;29H,5-23H2,1-4H3;12-13,29H,5-11,14-23H2,1-4H3;20,25,29H,5-19H2,1-4H3. The van der Waals surface area contributed by atoms with Gasteiger partial charge < -0.3 is 103 Å². The molecule has 0 amide bonds. The van der Waals surface area contributed by atoms with Crippen molar-refractivity contribution in [3.63, 3.8) is 0 Å². The quantitative estimate of drug-likeness (QED) is 0.0143. The van der Waals surface area contributed by atoms with E-state index in [4.69, 9.17) is 0 Å². The third-order valence-corrected chi connectivity index (χ3v) is 27.5. The Balaban J connectivity index is -0.000000572. The molecular formula is C123H241N5O19. The Hall–Kier alpha value is -4.60. The molecule has 0 aliphatic rings. The van der Waals surface area contributed by atoms with Gasteiger partial charge in [0.25, 0.3) is 0 Å². The number of aliphatic hydroxyl groups excluding tert-OH is 1. The van der Waals surface area contributed by atoms with Crippen LogP contribution in [0.3, 0.4) is 0 Å². The average molecular weight is 2090 g/mol. The van der Waals surface area contributed by atoms with Crippen LogP contribution < -0.4 is 25.5 Å². The van der Waals surface area contributed by atoms with Crippen LogP contribution in [-0.4, -0.2) is 273 Å². The van der Waals surface area contributed by atoms with Crippen molar-refractivity contribution in [3.05, 3.63) is 24.3 Å². The van der Waals surface area contributed by atoms with Crippen LogP contribution in [0.4, 0.5) is 0 Å². The van der Waals surface area contributed by atoms with E-state index < -0.39 is 94.8 Å². The van der Waals surface area contributed by atoms with Crippen LogP contribution in [0.2, 0.25) is 0 Å². The first-order valence-corrected chi connectivity index (χ1v) is 60.3. The number of ketones is 3. The molecule has 0 aromatic heterocycles. The largest absolute Gasteiger partial charge is 0.550 e. The van der Waals surface area contributed by atoms with Gasteiger partial charge in [-0.15, -0.1) is 0 Å². The molecule has 24 nitrogen and oxygen atoms in total. The van der Waals surface area contributed by atoms with Gasteiger partial charge in [0.05, 0.1) is 112 Å². The van der Waals surface area contributed by atoms with Crippen LogP contribution in [0.1, 0.15) is 548 Å². The minimum atomic E-state index is -2.00. The maximum atomic E-state index is 12.5. The first-order valence-electron chi connectivity index (χ1n) is 60.3. The number of aliphatic carboxylic acids is 5. The van der Waals surface area contributed by atoms with Gasteiger partial charge in [-0.1, -0.05) is 457 Å². The smallest absolute Gasteiger partial charge is 0.193 e. The molecule has 0 saturated carbocycles. The maximum absolute atomic E-state index is 12.5. The van der Waals surface area contributed by atoms with Crippen LogP contribution in [-0.2, 0) is 38.4 Å². The molecule has 0 radical (unpaired) electrons. The van der Waals surface area contributed by atoms with Crippen LogP contribution in [0, 0.1) is 0 Å². The summed E-state index contributed by atoms with van der Waals surface area (Å²) in [4.78, 5) is 92.2. The summed E-state index contributed by atoms with van der Waals surface area (Å²) in [6.07, 6.45) is 94.3. The van der Waals surface area contributed by atoms with Gasteiger partial charge >= 0.3 is 0 Å². The molecule has 6 unspecified atom stereocenters. The number of nitrogens with zero attached hydrogens (tertiary/aromatic N) is 5. The summed E-state index contributed by atoms with van der Waals surface area (Å²) < 4.78 is 1.97. The van der Waals surface area contributed by atoms with Crippen molar-refractivity contribution in [3.8, 4) is 0 Å². The number of Topliss-reactive ketones (excluding diaryl/α,β-unsaturated/α-hetero) is 2. The number of carboxylic acid groups (broad SMARTS) is 5. The zero-order valence-electron chi connectivity index (χ0n) is 99.7. The van der Waals surface area contributed by atoms with Crippen molar-refractivity contribution in [1.29, 1.82) is 0 Å². The number of rotatable bonds is 101. The van der Waals surface area contributed by atoms with E-state index in [2.05, 4.69) is 46.8 Å². The van der Waals surface area contributed by atoms with Gasteiger partial charge in [-0.05, 0) is 70.3 Å². The SMILES string of the molecule is CCCCCCCCC=CCCCCCCCCC(O)(CC(=O)[O-])C[N+](C)(C)C.CCCCCCCCCCCCCC(O)CC(=O)C(O)(CC(=O)[O-])C[N+](C)(C)C.CCCCCCCCCCCCCCCC=CC(=O)C(O)(CC(=O)[O-])C[N+](C)(C)C.CCCCCCCCCCCCCCCCCC(=O)C(O)(CC(=O)[O-])C[N+](C)(C)C.CCCCCCCCCCCCCCCCCCC(O)(CC(=O)[O-])C[N+](C)(C)C. The Morgan fingerprint density at radius 3 is 0.653 bits per heavy atom. The summed E-state index contributed by atoms with van der Waals surface area (Å²) in [5.74, 6) is -8.11. The van der Waals surface area contributed by atoms with Gasteiger partial charge in [-0.2, -0.15) is 0 Å². The predicted octanol–water partition coefficient (Wildman–Crippen LogP) is 21.4. The second-order valence-corrected chi connectivity index (χ2v) is 49.8. The van der Waals surface area contributed by atoms with Crippen molar-refractivity contribution in [2.24, 2.45) is 0 Å². The normalized spacial score (nSPS) is 14.3. The Bertz CT molecular complexity index is 3190. The second-order valence-electron chi connectivity index (χ2n) is 49.8. The zero-order chi connectivity index (χ0) is 112. The number of quaternary nitrogens is 5. The van der Waals surface area contributed by atoms with Crippen molar-refractivity contribution >= 4 is 47.2 Å². The van der Waals surface area contributed by atoms with E-state index in [1.807, 2.05) is 84.6 Å². The number of allylic oxidation sites excluding steroid dienone is 3. The molecule has 0 aromatic rings. The van der Waals surface area contributed by atoms with E-state index in [9.17, 15) is 94.5 Å². The van der Waals surface area contributed by atoms with Gasteiger partial charge in [0, 0.05) is 74.8 Å². The fourth-order valence-corrected chi connectivity index (χ4v) is 20.3. The summed E-state index contributed by atoms with van der Waals surface area (Å²) in [5, 5.41) is 118. The summed E-state index contributed by atoms with van der Waals surface area (Å²) in [5.41, 5.74) is -8.04. The lowest BCUT2D eigenvalue weighted by Gasteiger charge is -2.36. The third-order valence-electron chi connectivity index (χ3n) is 27.5. The number of carboxylic acids is 5. The maximum Gasteiger partial charge on any atom is 0.193 e. The summed E-state index contributed by atoms with van der Waals surface area (Å²) in [6, 6.07) is 0. The molecule has 0 bridgehead atoms. The first kappa shape index (κ1) is 151. The van der Waals surface area contributed by atoms with Gasteiger partial charge in [-0.3, -0.25) is 14.4 Å². The van der Waals surface area contributed by atoms with Crippen LogP contribution in [0.5, 0.6) is 0 Å². The topological polar surface area (TPSA) is 373 Å². The minimum Gasteiger partial charge on any atom is -0.550 e. The molecule has 6 N–H and O–H groups in total. The van der Waals surface area contributed by atoms with E-state index in [1.54, 1.807) is 27.2 Å². The molecule has 872 valence electrons. The van der Waals surface area contributed by atoms with Crippen LogP contribution in [0.25, 0.3) is 0 Å². The fraction of sp³-hybridized carbons (Fsp3) is 0.902. The number of carbonyl (C=O) groups is 8. The van der Waals surface area contributed by atoms with E-state index in [0.717, 1.165) is 83.5 Å². The monoisotopic (exact) mass is 2090 g/mol. The second kappa shape index (κ2) is 94.9. The van der Waals surface area contributed by atoms with Gasteiger partial charge in [0.1, 0.15) is 43.9 Å². The highest BCUT2D eigenvalue weighted by Gasteiger charge is 2.44. The number of likely N-dealkylation sites (N-methyl/N-ethyl adjacent to an activating group) is 5. The molecule has 0 aliphatic heterocycles. The fourth-order valence-electron chi connectivity index (χ4n) is 20.3. The van der Waals surface area contributed by atoms with E-state index >= 15 is 0 Å². The molecule has 147 heavy (non-hydrogen) atoms. The lowest BCUT2D eigenvalue weighted by molar-refractivity contribution is -0.877. The molecule has 24 heteroatoms. The zero-order valence-corrected chi connectivity index (χ0v) is 99.7. The van der Waals surface area contributed by atoms with Crippen molar-refractivity contribution in [1.82, 2.24) is 0 Å². The summed E-state index contributed by atoms with van der Waals surface area (Å²) >= 11 is 0. The molecule has 0 fully saturated rings. The molecular weight excluding hydrogens is 1850 g/mol. The molecule has 0 rings (SSSR count). The Morgan fingerprint density at radius 2 is 0.422 bits per heavy atom. The van der Waals surface area contributed by atoms with Gasteiger partial charge in [0.2, 0.25) is 0 Å². The van der Waals surface area contributed by atoms with Crippen molar-refractivity contribution in [2.75, 3.05) is 138 Å². The Kier molecular flexibility index (Phi) is 97.3. The number of hydrogen-bond donors (Lipinski definition) is 6. The molecule has 0 aliphatic carbocycles. The first-order chi connectivity index (χ1) is 69.1. The average Bonchev–Trinajstić information content (AvgIpc) is 0.829. The molecule has 6 atom stereocenters. The lowest BCUT2D eigenvalue weighted by Crippen LogP contribution is -2.56. The number of aliphatic hydroxyl groups is 6. The minimum absolute atomic E-state index is 0.0306. The molecule has 0 aromatic carbocycles. The highest BCUT2D eigenvalue weighted by molar-refractivity contribution is 5.99. The lowest BCUT2D eigenvalue weighted by atomic mass is 9.88. The number of hydrogen-bond acceptors (Lipinski definition) is 19. The highest BCUT2D eigenvalue weighted by Crippen LogP contribution is 2.29. The van der Waals surface area contributed by atoms with Crippen molar-refractivity contribution in [2.45, 2.75) is 582 Å². The van der Waals surface area contributed by atoms with E-state index in [1.165, 1.54) is 366 Å². The highest BCUT2D eigenvalue weighted by atomic mass is 16.4. The van der Waals surface area contributed by atoms with E-state index in [-0.39, 0.29) is 55.6 Å². The Labute approximate surface area is 904 Å². The van der Waals surface area contributed by atoms with E-state index in [0.29, 0.717) is 56.7 Å². The van der Waals surface area contributed by atoms with Crippen LogP contribution >= 0.6 is 0 Å². The molecule has 0 spiro atoms. The van der Waals surface area contributed by atoms with Gasteiger partial charge in [0.15, 0.2) is 34.2 Å². The van der Waals surface area contributed by atoms with Gasteiger partial charge in [-0.25, -0.2) is 0 Å². The molecule has 0 heterocycles. The summed E-state index contributed by atoms with van der Waals surface area (Å²) in [7, 11) is 28.1.